The summed E-state index contributed by atoms with van der Waals surface area (Å²) >= 11 is 0. The van der Waals surface area contributed by atoms with Crippen molar-refractivity contribution in [1.82, 2.24) is 5.32 Å². The lowest BCUT2D eigenvalue weighted by molar-refractivity contribution is -0.137. The maximum Gasteiger partial charge on any atom is 0.321 e. The van der Waals surface area contributed by atoms with Gasteiger partial charge in [-0.3, -0.25) is 9.69 Å². The third-order valence-corrected chi connectivity index (χ3v) is 3.41. The molecule has 1 saturated carbocycles. The summed E-state index contributed by atoms with van der Waals surface area (Å²) in [6.45, 7) is 0. The van der Waals surface area contributed by atoms with Crippen LogP contribution in [-0.4, -0.2) is 30.2 Å². The van der Waals surface area contributed by atoms with Crippen molar-refractivity contribution in [2.75, 3.05) is 11.9 Å². The maximum atomic E-state index is 13.6. The maximum absolute atomic E-state index is 13.6. The summed E-state index contributed by atoms with van der Waals surface area (Å²) in [6.07, 6.45) is 1.73. The molecular formula is C14H17FN2O3. The SMILES string of the molecule is CN(C(=O)NC(CC(=O)O)C1CC1)c1ccccc1F. The van der Waals surface area contributed by atoms with Crippen LogP contribution in [0, 0.1) is 11.7 Å². The largest absolute Gasteiger partial charge is 0.481 e. The van der Waals surface area contributed by atoms with Crippen molar-refractivity contribution in [2.45, 2.75) is 25.3 Å². The molecule has 1 unspecified atom stereocenters. The van der Waals surface area contributed by atoms with Gasteiger partial charge in [-0.2, -0.15) is 0 Å². The molecule has 1 aliphatic carbocycles. The Balaban J connectivity index is 2.03. The molecule has 0 bridgehead atoms. The Morgan fingerprint density at radius 3 is 2.65 bits per heavy atom. The molecule has 0 aromatic heterocycles. The average Bonchev–Trinajstić information content (AvgIpc) is 3.21. The number of nitrogens with one attached hydrogen (secondary N) is 1. The van der Waals surface area contributed by atoms with E-state index in [9.17, 15) is 14.0 Å². The Labute approximate surface area is 116 Å². The van der Waals surface area contributed by atoms with Crippen LogP contribution in [0.3, 0.4) is 0 Å². The number of aliphatic carboxylic acids is 1. The van der Waals surface area contributed by atoms with Crippen molar-refractivity contribution in [3.63, 3.8) is 0 Å². The molecule has 0 aliphatic heterocycles. The number of carbonyl (C=O) groups is 2. The number of carboxylic acid groups (broad SMARTS) is 1. The van der Waals surface area contributed by atoms with E-state index in [4.69, 9.17) is 5.11 Å². The zero-order valence-corrected chi connectivity index (χ0v) is 11.2. The smallest absolute Gasteiger partial charge is 0.321 e. The van der Waals surface area contributed by atoms with E-state index in [2.05, 4.69) is 5.32 Å². The van der Waals surface area contributed by atoms with Crippen LogP contribution in [0.25, 0.3) is 0 Å². The highest BCUT2D eigenvalue weighted by Crippen LogP contribution is 2.34. The molecule has 2 N–H and O–H groups in total. The summed E-state index contributed by atoms with van der Waals surface area (Å²) in [5.74, 6) is -1.23. The molecule has 20 heavy (non-hydrogen) atoms. The molecule has 1 aromatic carbocycles. The number of hydrogen-bond acceptors (Lipinski definition) is 2. The summed E-state index contributed by atoms with van der Waals surface area (Å²) in [7, 11) is 1.46. The van der Waals surface area contributed by atoms with Crippen LogP contribution in [0.5, 0.6) is 0 Å². The summed E-state index contributed by atoms with van der Waals surface area (Å²) in [5.41, 5.74) is 0.162. The molecule has 5 nitrogen and oxygen atoms in total. The minimum Gasteiger partial charge on any atom is -0.481 e. The predicted octanol–water partition coefficient (Wildman–Crippen LogP) is 2.22. The number of anilines is 1. The molecule has 6 heteroatoms. The second kappa shape index (κ2) is 5.90. The lowest BCUT2D eigenvalue weighted by atomic mass is 10.1. The van der Waals surface area contributed by atoms with Gasteiger partial charge in [0.1, 0.15) is 5.82 Å². The number of para-hydroxylation sites is 1. The van der Waals surface area contributed by atoms with Crippen LogP contribution in [0.15, 0.2) is 24.3 Å². The molecule has 0 heterocycles. The van der Waals surface area contributed by atoms with E-state index >= 15 is 0 Å². The van der Waals surface area contributed by atoms with Gasteiger partial charge in [0, 0.05) is 13.1 Å². The quantitative estimate of drug-likeness (QED) is 0.869. The molecule has 0 saturated heterocycles. The molecule has 1 fully saturated rings. The first-order valence-electron chi connectivity index (χ1n) is 6.49. The third kappa shape index (κ3) is 3.46. The van der Waals surface area contributed by atoms with Gasteiger partial charge in [-0.05, 0) is 30.9 Å². The van der Waals surface area contributed by atoms with Crippen molar-refractivity contribution in [1.29, 1.82) is 0 Å². The van der Waals surface area contributed by atoms with Gasteiger partial charge in [-0.15, -0.1) is 0 Å². The van der Waals surface area contributed by atoms with Crippen LogP contribution in [0.4, 0.5) is 14.9 Å². The number of hydrogen-bond donors (Lipinski definition) is 2. The predicted molar refractivity (Wildman–Crippen MR) is 72.1 cm³/mol. The fourth-order valence-corrected chi connectivity index (χ4v) is 2.11. The van der Waals surface area contributed by atoms with E-state index in [1.54, 1.807) is 12.1 Å². The molecule has 108 valence electrons. The molecule has 1 aromatic rings. The lowest BCUT2D eigenvalue weighted by Crippen LogP contribution is -2.45. The third-order valence-electron chi connectivity index (χ3n) is 3.41. The van der Waals surface area contributed by atoms with E-state index in [1.165, 1.54) is 19.2 Å². The Morgan fingerprint density at radius 2 is 2.10 bits per heavy atom. The highest BCUT2D eigenvalue weighted by atomic mass is 19.1. The van der Waals surface area contributed by atoms with E-state index in [1.807, 2.05) is 0 Å². The number of rotatable bonds is 5. The highest BCUT2D eigenvalue weighted by molar-refractivity contribution is 5.92. The van der Waals surface area contributed by atoms with Gasteiger partial charge in [-0.1, -0.05) is 12.1 Å². The number of halogens is 1. The standard InChI is InChI=1S/C14H17FN2O3/c1-17(12-5-3-2-4-10(12)15)14(20)16-11(8-13(18)19)9-6-7-9/h2-5,9,11H,6-8H2,1H3,(H,16,20)(H,18,19). The first-order valence-corrected chi connectivity index (χ1v) is 6.49. The average molecular weight is 280 g/mol. The van der Waals surface area contributed by atoms with Gasteiger partial charge in [0.25, 0.3) is 0 Å². The normalized spacial score (nSPS) is 15.5. The minimum absolute atomic E-state index is 0.110. The number of carboxylic acids is 1. The summed E-state index contributed by atoms with van der Waals surface area (Å²) in [6, 6.07) is 5.06. The Kier molecular flexibility index (Phi) is 4.22. The molecule has 2 amide bonds. The first kappa shape index (κ1) is 14.3. The van der Waals surface area contributed by atoms with Crippen molar-refractivity contribution in [3.8, 4) is 0 Å². The number of carbonyl (C=O) groups excluding carboxylic acids is 1. The molecule has 1 aliphatic rings. The minimum atomic E-state index is -0.948. The van der Waals surface area contributed by atoms with Crippen LogP contribution in [0.1, 0.15) is 19.3 Å². The lowest BCUT2D eigenvalue weighted by Gasteiger charge is -2.23. The van der Waals surface area contributed by atoms with Crippen LogP contribution >= 0.6 is 0 Å². The highest BCUT2D eigenvalue weighted by Gasteiger charge is 2.34. The van der Waals surface area contributed by atoms with Gasteiger partial charge in [0.05, 0.1) is 12.1 Å². The Bertz CT molecular complexity index is 517. The summed E-state index contributed by atoms with van der Waals surface area (Å²) in [4.78, 5) is 24.0. The van der Waals surface area contributed by atoms with E-state index in [0.717, 1.165) is 17.7 Å². The van der Waals surface area contributed by atoms with Gasteiger partial charge >= 0.3 is 12.0 Å². The van der Waals surface area contributed by atoms with Crippen LogP contribution in [-0.2, 0) is 4.79 Å². The van der Waals surface area contributed by atoms with E-state index in [-0.39, 0.29) is 18.0 Å². The van der Waals surface area contributed by atoms with Crippen molar-refractivity contribution < 1.29 is 19.1 Å². The monoisotopic (exact) mass is 280 g/mol. The molecular weight excluding hydrogens is 263 g/mol. The van der Waals surface area contributed by atoms with Gasteiger partial charge < -0.3 is 10.4 Å². The van der Waals surface area contributed by atoms with E-state index < -0.39 is 23.9 Å². The second-order valence-corrected chi connectivity index (χ2v) is 5.00. The molecule has 2 rings (SSSR count). The Morgan fingerprint density at radius 1 is 1.45 bits per heavy atom. The number of amides is 2. The van der Waals surface area contributed by atoms with Crippen molar-refractivity contribution >= 4 is 17.7 Å². The zero-order valence-electron chi connectivity index (χ0n) is 11.2. The van der Waals surface area contributed by atoms with E-state index in [0.29, 0.717) is 0 Å². The Hall–Kier alpha value is -2.11. The topological polar surface area (TPSA) is 69.6 Å². The second-order valence-electron chi connectivity index (χ2n) is 5.00. The first-order chi connectivity index (χ1) is 9.49. The van der Waals surface area contributed by atoms with Crippen LogP contribution in [0.2, 0.25) is 0 Å². The molecule has 0 spiro atoms. The number of urea groups is 1. The molecule has 0 radical (unpaired) electrons. The zero-order chi connectivity index (χ0) is 14.7. The number of nitrogens with zero attached hydrogens (tertiary/aromatic N) is 1. The van der Waals surface area contributed by atoms with Crippen molar-refractivity contribution in [2.24, 2.45) is 5.92 Å². The summed E-state index contributed by atoms with van der Waals surface area (Å²) < 4.78 is 13.6. The fraction of sp³-hybridized carbons (Fsp3) is 0.429. The van der Waals surface area contributed by atoms with Crippen molar-refractivity contribution in [3.05, 3.63) is 30.1 Å². The van der Waals surface area contributed by atoms with Gasteiger partial charge in [-0.25, -0.2) is 9.18 Å². The number of benzene rings is 1. The summed E-state index contributed by atoms with van der Waals surface area (Å²) in [5, 5.41) is 11.5. The fourth-order valence-electron chi connectivity index (χ4n) is 2.11. The van der Waals surface area contributed by atoms with Crippen LogP contribution < -0.4 is 10.2 Å². The van der Waals surface area contributed by atoms with Gasteiger partial charge in [0.2, 0.25) is 0 Å². The molecule has 1 atom stereocenters. The van der Waals surface area contributed by atoms with Gasteiger partial charge in [0.15, 0.2) is 0 Å².